The molecule has 1 heterocycles. The summed E-state index contributed by atoms with van der Waals surface area (Å²) in [5.74, 6) is 0.0985. The van der Waals surface area contributed by atoms with Gasteiger partial charge in [0.05, 0.1) is 11.0 Å². The van der Waals surface area contributed by atoms with E-state index in [0.29, 0.717) is 16.7 Å². The molecule has 3 aromatic carbocycles. The summed E-state index contributed by atoms with van der Waals surface area (Å²) in [6.07, 6.45) is 0. The topological polar surface area (TPSA) is 75.1 Å². The van der Waals surface area contributed by atoms with E-state index in [4.69, 9.17) is 0 Å². The van der Waals surface area contributed by atoms with Gasteiger partial charge >= 0.3 is 40.7 Å². The van der Waals surface area contributed by atoms with Gasteiger partial charge in [-0.3, -0.25) is 14.2 Å². The monoisotopic (exact) mass is 328 g/mol. The Morgan fingerprint density at radius 3 is 2.33 bits per heavy atom. The quantitative estimate of drug-likeness (QED) is 0.318. The Bertz CT molecular complexity index is 1160. The van der Waals surface area contributed by atoms with Crippen molar-refractivity contribution in [3.63, 3.8) is 0 Å². The molecule has 24 heavy (non-hydrogen) atoms. The van der Waals surface area contributed by atoms with Crippen LogP contribution in [0.3, 0.4) is 0 Å². The van der Waals surface area contributed by atoms with E-state index >= 15 is 0 Å². The zero-order chi connectivity index (χ0) is 16.0. The molecule has 0 saturated carbocycles. The van der Waals surface area contributed by atoms with Crippen LogP contribution in [0.2, 0.25) is 0 Å². The minimum atomic E-state index is -0.679. The first-order chi connectivity index (χ1) is 11.1. The summed E-state index contributed by atoms with van der Waals surface area (Å²) < 4.78 is 1.36. The van der Waals surface area contributed by atoms with E-state index in [0.717, 1.165) is 10.8 Å². The van der Waals surface area contributed by atoms with Crippen LogP contribution in [0, 0.1) is 0 Å². The summed E-state index contributed by atoms with van der Waals surface area (Å²) in [5.41, 5.74) is 0.416. The second-order valence-corrected chi connectivity index (χ2v) is 5.29. The van der Waals surface area contributed by atoms with Gasteiger partial charge in [-0.25, -0.2) is 0 Å². The average Bonchev–Trinajstić information content (AvgIpc) is 2.57. The number of aromatic nitrogens is 2. The molecule has 0 amide bonds. The van der Waals surface area contributed by atoms with Crippen molar-refractivity contribution >= 4 is 51.4 Å². The zero-order valence-corrected chi connectivity index (χ0v) is 12.0. The van der Waals surface area contributed by atoms with Crippen LogP contribution in [0.5, 0.6) is 5.75 Å². The van der Waals surface area contributed by atoms with Crippen molar-refractivity contribution in [2.75, 3.05) is 0 Å². The Hall–Kier alpha value is -2.34. The minimum absolute atomic E-state index is 0. The molecule has 0 aliphatic heterocycles. The number of hydrogen-bond donors (Lipinski definition) is 2. The van der Waals surface area contributed by atoms with Gasteiger partial charge in [0.1, 0.15) is 5.75 Å². The number of rotatable bonds is 1. The summed E-state index contributed by atoms with van der Waals surface area (Å²) >= 11 is 0. The van der Waals surface area contributed by atoms with E-state index in [1.54, 1.807) is 12.1 Å². The Morgan fingerprint density at radius 1 is 0.875 bits per heavy atom. The molecule has 2 N–H and O–H groups in total. The van der Waals surface area contributed by atoms with Crippen LogP contribution >= 0.6 is 0 Å². The van der Waals surface area contributed by atoms with E-state index in [1.807, 2.05) is 36.4 Å². The van der Waals surface area contributed by atoms with E-state index in [9.17, 15) is 14.7 Å². The number of H-pyrrole nitrogens is 1. The number of fused-ring (bicyclic) bond motifs is 3. The number of aromatic hydroxyl groups is 1. The molecule has 4 aromatic rings. The average molecular weight is 328 g/mol. The number of hydrogen-bond acceptors (Lipinski definition) is 3. The second-order valence-electron chi connectivity index (χ2n) is 5.29. The van der Waals surface area contributed by atoms with Gasteiger partial charge in [0.15, 0.2) is 0 Å². The standard InChI is InChI=1S/C18H12N2O3.Na.H/c21-13-8-6-12(7-9-13)20-15-10-5-11-3-1-2-4-14(11)16(15)19-17(22)18(20)23;;/h1-10,21H,(H,19,22);;. The Balaban J connectivity index is 0.00000169. The number of benzene rings is 3. The van der Waals surface area contributed by atoms with Crippen molar-refractivity contribution in [2.24, 2.45) is 0 Å². The zero-order valence-electron chi connectivity index (χ0n) is 12.0. The molecule has 1 aromatic heterocycles. The van der Waals surface area contributed by atoms with Crippen LogP contribution in [0.15, 0.2) is 70.3 Å². The van der Waals surface area contributed by atoms with E-state index < -0.39 is 11.1 Å². The van der Waals surface area contributed by atoms with Crippen LogP contribution in [-0.2, 0) is 0 Å². The van der Waals surface area contributed by atoms with Gasteiger partial charge in [-0.1, -0.05) is 30.3 Å². The number of aromatic amines is 1. The molecular formula is C18H13N2NaO3. The van der Waals surface area contributed by atoms with Crippen molar-refractivity contribution < 1.29 is 5.11 Å². The molecule has 114 valence electrons. The summed E-state index contributed by atoms with van der Waals surface area (Å²) in [6, 6.07) is 17.5. The van der Waals surface area contributed by atoms with Gasteiger partial charge in [-0.15, -0.1) is 0 Å². The molecule has 0 fully saturated rings. The third kappa shape index (κ3) is 2.57. The molecule has 0 radical (unpaired) electrons. The molecule has 0 saturated heterocycles. The Kier molecular flexibility index (Phi) is 4.32. The van der Waals surface area contributed by atoms with Gasteiger partial charge in [0.25, 0.3) is 0 Å². The van der Waals surface area contributed by atoms with Crippen molar-refractivity contribution in [2.45, 2.75) is 0 Å². The second kappa shape index (κ2) is 6.28. The van der Waals surface area contributed by atoms with E-state index in [2.05, 4.69) is 4.98 Å². The van der Waals surface area contributed by atoms with Crippen molar-refractivity contribution in [1.82, 2.24) is 9.55 Å². The molecule has 0 aliphatic carbocycles. The third-order valence-electron chi connectivity index (χ3n) is 3.89. The molecule has 0 bridgehead atoms. The predicted octanol–water partition coefficient (Wildman–Crippen LogP) is 1.89. The number of phenolic OH excluding ortho intramolecular Hbond substituents is 1. The number of nitrogens with one attached hydrogen (secondary N) is 1. The summed E-state index contributed by atoms with van der Waals surface area (Å²) in [7, 11) is 0. The van der Waals surface area contributed by atoms with Gasteiger partial charge in [-0.05, 0) is 35.7 Å². The Morgan fingerprint density at radius 2 is 1.58 bits per heavy atom. The van der Waals surface area contributed by atoms with E-state index in [-0.39, 0.29) is 35.3 Å². The van der Waals surface area contributed by atoms with Crippen LogP contribution in [0.4, 0.5) is 0 Å². The summed E-state index contributed by atoms with van der Waals surface area (Å²) in [5, 5.41) is 11.3. The van der Waals surface area contributed by atoms with Crippen LogP contribution in [-0.4, -0.2) is 44.2 Å². The van der Waals surface area contributed by atoms with Crippen LogP contribution < -0.4 is 11.1 Å². The van der Waals surface area contributed by atoms with Gasteiger partial charge in [0.2, 0.25) is 0 Å². The van der Waals surface area contributed by atoms with Crippen molar-refractivity contribution in [3.8, 4) is 11.4 Å². The molecule has 4 rings (SSSR count). The SMILES string of the molecule is O=c1[nH]c2c3ccccc3ccc2n(-c2ccc(O)cc2)c1=O.[NaH]. The predicted molar refractivity (Wildman–Crippen MR) is 96.5 cm³/mol. The fraction of sp³-hybridized carbons (Fsp3) is 0. The normalized spacial score (nSPS) is 10.7. The molecule has 5 nitrogen and oxygen atoms in total. The molecule has 6 heteroatoms. The van der Waals surface area contributed by atoms with Gasteiger partial charge < -0.3 is 10.1 Å². The molecule has 0 atom stereocenters. The number of phenols is 1. The van der Waals surface area contributed by atoms with Crippen LogP contribution in [0.1, 0.15) is 0 Å². The first-order valence-electron chi connectivity index (χ1n) is 7.11. The van der Waals surface area contributed by atoms with Crippen molar-refractivity contribution in [3.05, 3.63) is 81.4 Å². The van der Waals surface area contributed by atoms with Crippen LogP contribution in [0.25, 0.3) is 27.5 Å². The first kappa shape index (κ1) is 16.5. The first-order valence-corrected chi connectivity index (χ1v) is 7.11. The van der Waals surface area contributed by atoms with Gasteiger partial charge in [0, 0.05) is 11.1 Å². The number of nitrogens with zero attached hydrogens (tertiary/aromatic N) is 1. The third-order valence-corrected chi connectivity index (χ3v) is 3.89. The fourth-order valence-corrected chi connectivity index (χ4v) is 2.81. The summed E-state index contributed by atoms with van der Waals surface area (Å²) in [6.45, 7) is 0. The molecule has 0 unspecified atom stereocenters. The van der Waals surface area contributed by atoms with Gasteiger partial charge in [-0.2, -0.15) is 0 Å². The molecule has 0 spiro atoms. The summed E-state index contributed by atoms with van der Waals surface area (Å²) in [4.78, 5) is 27.1. The molecular weight excluding hydrogens is 315 g/mol. The van der Waals surface area contributed by atoms with E-state index in [1.165, 1.54) is 16.7 Å². The Labute approximate surface area is 158 Å². The molecule has 0 aliphatic rings. The maximum atomic E-state index is 12.4. The van der Waals surface area contributed by atoms with Crippen molar-refractivity contribution in [1.29, 1.82) is 0 Å². The fourth-order valence-electron chi connectivity index (χ4n) is 2.81. The maximum absolute atomic E-state index is 12.4.